The fourth-order valence-corrected chi connectivity index (χ4v) is 5.90. The van der Waals surface area contributed by atoms with E-state index in [-0.39, 0.29) is 50.0 Å². The van der Waals surface area contributed by atoms with Crippen LogP contribution in [0.5, 0.6) is 0 Å². The molecule has 3 rings (SSSR count). The van der Waals surface area contributed by atoms with Crippen LogP contribution < -0.4 is 9.62 Å². The molecule has 0 heterocycles. The van der Waals surface area contributed by atoms with Crippen molar-refractivity contribution in [3.8, 4) is 0 Å². The molecule has 0 aliphatic carbocycles. The molecule has 2 atom stereocenters. The van der Waals surface area contributed by atoms with Crippen molar-refractivity contribution >= 4 is 50.7 Å². The Kier molecular flexibility index (Phi) is 12.4. The van der Waals surface area contributed by atoms with E-state index in [1.165, 1.54) is 4.90 Å². The maximum atomic E-state index is 13.9. The maximum absolute atomic E-state index is 13.9. The highest BCUT2D eigenvalue weighted by Gasteiger charge is 2.31. The van der Waals surface area contributed by atoms with E-state index in [4.69, 9.17) is 23.2 Å². The van der Waals surface area contributed by atoms with Gasteiger partial charge in [0.25, 0.3) is 0 Å². The van der Waals surface area contributed by atoms with E-state index in [1.54, 1.807) is 18.2 Å². The third-order valence-electron chi connectivity index (χ3n) is 6.97. The van der Waals surface area contributed by atoms with Gasteiger partial charge in [0.05, 0.1) is 11.9 Å². The second-order valence-electron chi connectivity index (χ2n) is 10.3. The SMILES string of the molecule is CC[C@@H](C)NC(=O)[C@@H](Cc1ccccc1)N(Cc1ccc(Cl)cc1Cl)C(=O)CCCN(c1ccc(F)c(F)c1)S(C)(=O)=O. The van der Waals surface area contributed by atoms with Gasteiger partial charge in [0.2, 0.25) is 21.8 Å². The summed E-state index contributed by atoms with van der Waals surface area (Å²) < 4.78 is 53.3. The van der Waals surface area contributed by atoms with Crippen LogP contribution in [-0.2, 0) is 32.6 Å². The molecule has 0 spiro atoms. The van der Waals surface area contributed by atoms with Crippen LogP contribution >= 0.6 is 23.2 Å². The van der Waals surface area contributed by atoms with Gasteiger partial charge in [-0.05, 0) is 55.2 Å². The van der Waals surface area contributed by atoms with Gasteiger partial charge in [-0.15, -0.1) is 0 Å². The van der Waals surface area contributed by atoms with Gasteiger partial charge in [-0.25, -0.2) is 17.2 Å². The molecule has 0 aromatic heterocycles. The smallest absolute Gasteiger partial charge is 0.243 e. The predicted molar refractivity (Wildman–Crippen MR) is 167 cm³/mol. The van der Waals surface area contributed by atoms with Crippen molar-refractivity contribution in [1.29, 1.82) is 0 Å². The van der Waals surface area contributed by atoms with E-state index in [1.807, 2.05) is 44.2 Å². The van der Waals surface area contributed by atoms with E-state index in [0.717, 1.165) is 34.3 Å². The number of carbonyl (C=O) groups excluding carboxylic acids is 2. The van der Waals surface area contributed by atoms with Gasteiger partial charge in [-0.3, -0.25) is 13.9 Å². The Morgan fingerprint density at radius 2 is 1.67 bits per heavy atom. The van der Waals surface area contributed by atoms with Crippen LogP contribution in [0, 0.1) is 11.6 Å². The monoisotopic (exact) mass is 653 g/mol. The quantitative estimate of drug-likeness (QED) is 0.219. The summed E-state index contributed by atoms with van der Waals surface area (Å²) in [5.74, 6) is -3.05. The van der Waals surface area contributed by atoms with Crippen LogP contribution in [0.3, 0.4) is 0 Å². The molecule has 0 saturated heterocycles. The van der Waals surface area contributed by atoms with E-state index in [2.05, 4.69) is 5.32 Å². The summed E-state index contributed by atoms with van der Waals surface area (Å²) in [5, 5.41) is 3.72. The summed E-state index contributed by atoms with van der Waals surface area (Å²) in [5.41, 5.74) is 1.36. The summed E-state index contributed by atoms with van der Waals surface area (Å²) in [4.78, 5) is 29.0. The van der Waals surface area contributed by atoms with E-state index in [9.17, 15) is 26.8 Å². The summed E-state index contributed by atoms with van der Waals surface area (Å²) in [6.07, 6.45) is 1.76. The average molecular weight is 655 g/mol. The van der Waals surface area contributed by atoms with Gasteiger partial charge in [0.15, 0.2) is 11.6 Å². The molecule has 3 aromatic rings. The first-order chi connectivity index (χ1) is 20.3. The highest BCUT2D eigenvalue weighted by atomic mass is 35.5. The molecular formula is C31H35Cl2F2N3O4S. The van der Waals surface area contributed by atoms with Crippen molar-refractivity contribution in [3.63, 3.8) is 0 Å². The number of hydrogen-bond acceptors (Lipinski definition) is 4. The maximum Gasteiger partial charge on any atom is 0.243 e. The van der Waals surface area contributed by atoms with E-state index >= 15 is 0 Å². The number of rotatable bonds is 14. The summed E-state index contributed by atoms with van der Waals surface area (Å²) in [7, 11) is -3.89. The third-order valence-corrected chi connectivity index (χ3v) is 8.75. The number of carbonyl (C=O) groups is 2. The number of nitrogens with one attached hydrogen (secondary N) is 1. The standard InChI is InChI=1S/C31H35Cl2F2N3O4S/c1-4-21(2)36-31(40)29(17-22-9-6-5-7-10-22)37(20-23-12-13-24(32)18-26(23)33)30(39)11-8-16-38(43(3,41)42)25-14-15-27(34)28(35)19-25/h5-7,9-10,12-15,18-19,21,29H,4,8,11,16-17,20H2,1-3H3,(H,36,40)/t21-,29-/m1/s1. The molecular weight excluding hydrogens is 619 g/mol. The van der Waals surface area contributed by atoms with Gasteiger partial charge in [0, 0.05) is 48.1 Å². The molecule has 0 bridgehead atoms. The number of amides is 2. The number of sulfonamides is 1. The van der Waals surface area contributed by atoms with Crippen LogP contribution in [0.25, 0.3) is 0 Å². The molecule has 43 heavy (non-hydrogen) atoms. The average Bonchev–Trinajstić information content (AvgIpc) is 2.95. The van der Waals surface area contributed by atoms with E-state index < -0.39 is 33.6 Å². The topological polar surface area (TPSA) is 86.8 Å². The Morgan fingerprint density at radius 1 is 0.977 bits per heavy atom. The van der Waals surface area contributed by atoms with Gasteiger partial charge >= 0.3 is 0 Å². The molecule has 7 nitrogen and oxygen atoms in total. The Morgan fingerprint density at radius 3 is 2.28 bits per heavy atom. The lowest BCUT2D eigenvalue weighted by Gasteiger charge is -2.33. The highest BCUT2D eigenvalue weighted by Crippen LogP contribution is 2.26. The Labute approximate surface area is 261 Å². The molecule has 3 aromatic carbocycles. The van der Waals surface area contributed by atoms with Crippen molar-refractivity contribution in [3.05, 3.63) is 99.5 Å². The molecule has 232 valence electrons. The molecule has 0 saturated carbocycles. The van der Waals surface area contributed by atoms with Crippen molar-refractivity contribution in [2.75, 3.05) is 17.1 Å². The molecule has 1 N–H and O–H groups in total. The summed E-state index contributed by atoms with van der Waals surface area (Å²) >= 11 is 12.6. The van der Waals surface area contributed by atoms with Crippen LogP contribution in [-0.4, -0.2) is 50.0 Å². The van der Waals surface area contributed by atoms with Crippen LogP contribution in [0.2, 0.25) is 10.0 Å². The lowest BCUT2D eigenvalue weighted by atomic mass is 10.0. The normalized spacial score (nSPS) is 12.8. The number of halogens is 4. The van der Waals surface area contributed by atoms with Gasteiger partial charge < -0.3 is 10.2 Å². The van der Waals surface area contributed by atoms with E-state index in [0.29, 0.717) is 22.0 Å². The number of hydrogen-bond donors (Lipinski definition) is 1. The van der Waals surface area contributed by atoms with Crippen LogP contribution in [0.4, 0.5) is 14.5 Å². The fourth-order valence-electron chi connectivity index (χ4n) is 4.47. The lowest BCUT2D eigenvalue weighted by Crippen LogP contribution is -2.52. The molecule has 0 unspecified atom stereocenters. The highest BCUT2D eigenvalue weighted by molar-refractivity contribution is 7.92. The van der Waals surface area contributed by atoms with Crippen molar-refractivity contribution in [2.24, 2.45) is 0 Å². The van der Waals surface area contributed by atoms with Crippen molar-refractivity contribution in [1.82, 2.24) is 10.2 Å². The minimum absolute atomic E-state index is 0.000768. The van der Waals surface area contributed by atoms with Gasteiger partial charge in [0.1, 0.15) is 6.04 Å². The molecule has 0 fully saturated rings. The second kappa shape index (κ2) is 15.5. The molecule has 0 aliphatic heterocycles. The van der Waals surface area contributed by atoms with Crippen LogP contribution in [0.1, 0.15) is 44.2 Å². The molecule has 2 amide bonds. The minimum atomic E-state index is -3.89. The fraction of sp³-hybridized carbons (Fsp3) is 0.355. The third kappa shape index (κ3) is 9.91. The molecule has 0 aliphatic rings. The minimum Gasteiger partial charge on any atom is -0.352 e. The Balaban J connectivity index is 1.93. The second-order valence-corrected chi connectivity index (χ2v) is 13.1. The summed E-state index contributed by atoms with van der Waals surface area (Å²) in [6, 6.07) is 15.9. The van der Waals surface area contributed by atoms with Gasteiger partial charge in [-0.1, -0.05) is 66.5 Å². The summed E-state index contributed by atoms with van der Waals surface area (Å²) in [6.45, 7) is 3.64. The van der Waals surface area contributed by atoms with Crippen LogP contribution in [0.15, 0.2) is 66.7 Å². The first-order valence-corrected chi connectivity index (χ1v) is 16.4. The van der Waals surface area contributed by atoms with Gasteiger partial charge in [-0.2, -0.15) is 0 Å². The van der Waals surface area contributed by atoms with Crippen molar-refractivity contribution < 1.29 is 26.8 Å². The lowest BCUT2D eigenvalue weighted by molar-refractivity contribution is -0.141. The predicted octanol–water partition coefficient (Wildman–Crippen LogP) is 6.37. The molecule has 12 heteroatoms. The Bertz CT molecular complexity index is 1530. The zero-order valence-electron chi connectivity index (χ0n) is 24.2. The first-order valence-electron chi connectivity index (χ1n) is 13.8. The largest absolute Gasteiger partial charge is 0.352 e. The zero-order chi connectivity index (χ0) is 31.7. The Hall–Kier alpha value is -3.21. The number of benzene rings is 3. The zero-order valence-corrected chi connectivity index (χ0v) is 26.5. The number of nitrogens with zero attached hydrogens (tertiary/aromatic N) is 2. The molecule has 0 radical (unpaired) electrons. The first kappa shape index (κ1) is 34.3. The number of anilines is 1. The van der Waals surface area contributed by atoms with Crippen molar-refractivity contribution in [2.45, 2.75) is 58.2 Å².